The molecule has 2 heterocycles. The Labute approximate surface area is 98.1 Å². The highest BCUT2D eigenvalue weighted by atomic mass is 79.9. The molecule has 0 unspecified atom stereocenters. The highest BCUT2D eigenvalue weighted by Crippen LogP contribution is 2.42. The van der Waals surface area contributed by atoms with Gasteiger partial charge in [-0.15, -0.1) is 0 Å². The lowest BCUT2D eigenvalue weighted by Crippen LogP contribution is -2.11. The van der Waals surface area contributed by atoms with E-state index in [0.717, 1.165) is 31.4 Å². The number of halogens is 1. The summed E-state index contributed by atoms with van der Waals surface area (Å²) in [6.45, 7) is 3.07. The first-order valence-electron chi connectivity index (χ1n) is 5.48. The van der Waals surface area contributed by atoms with E-state index in [4.69, 9.17) is 4.74 Å². The molecule has 0 amide bonds. The van der Waals surface area contributed by atoms with Crippen LogP contribution >= 0.6 is 15.9 Å². The SMILES string of the molecule is Brc1cccc2c1[C@@H]1CNC[C@H]1CCO2. The smallest absolute Gasteiger partial charge is 0.123 e. The van der Waals surface area contributed by atoms with E-state index < -0.39 is 0 Å². The number of rotatable bonds is 0. The molecule has 2 aliphatic heterocycles. The van der Waals surface area contributed by atoms with Gasteiger partial charge < -0.3 is 10.1 Å². The molecule has 1 aromatic rings. The van der Waals surface area contributed by atoms with E-state index in [1.807, 2.05) is 6.07 Å². The summed E-state index contributed by atoms with van der Waals surface area (Å²) in [7, 11) is 0. The van der Waals surface area contributed by atoms with Gasteiger partial charge in [0.05, 0.1) is 6.61 Å². The molecule has 15 heavy (non-hydrogen) atoms. The van der Waals surface area contributed by atoms with Gasteiger partial charge in [0.15, 0.2) is 0 Å². The van der Waals surface area contributed by atoms with Gasteiger partial charge in [-0.05, 0) is 31.0 Å². The zero-order chi connectivity index (χ0) is 10.3. The summed E-state index contributed by atoms with van der Waals surface area (Å²) in [5.74, 6) is 2.43. The van der Waals surface area contributed by atoms with Crippen molar-refractivity contribution in [2.75, 3.05) is 19.7 Å². The Hall–Kier alpha value is -0.540. The number of fused-ring (bicyclic) bond motifs is 3. The Morgan fingerprint density at radius 1 is 1.33 bits per heavy atom. The number of hydrogen-bond acceptors (Lipinski definition) is 2. The van der Waals surface area contributed by atoms with E-state index in [9.17, 15) is 0 Å². The highest BCUT2D eigenvalue weighted by Gasteiger charge is 2.33. The molecule has 3 heteroatoms. The molecule has 0 saturated carbocycles. The van der Waals surface area contributed by atoms with Crippen molar-refractivity contribution < 1.29 is 4.74 Å². The predicted octanol–water partition coefficient (Wildman–Crippen LogP) is 2.53. The average molecular weight is 268 g/mol. The predicted molar refractivity (Wildman–Crippen MR) is 63.4 cm³/mol. The van der Waals surface area contributed by atoms with Crippen LogP contribution in [0.25, 0.3) is 0 Å². The van der Waals surface area contributed by atoms with E-state index in [-0.39, 0.29) is 0 Å². The van der Waals surface area contributed by atoms with Crippen molar-refractivity contribution in [3.05, 3.63) is 28.2 Å². The lowest BCUT2D eigenvalue weighted by Gasteiger charge is -2.17. The Bertz CT molecular complexity index is 380. The third kappa shape index (κ3) is 1.58. The molecule has 0 aliphatic carbocycles. The van der Waals surface area contributed by atoms with Gasteiger partial charge in [0, 0.05) is 22.5 Å². The van der Waals surface area contributed by atoms with Gasteiger partial charge in [-0.25, -0.2) is 0 Å². The average Bonchev–Trinajstić information content (AvgIpc) is 2.60. The molecule has 0 radical (unpaired) electrons. The Morgan fingerprint density at radius 2 is 2.27 bits per heavy atom. The number of ether oxygens (including phenoxy) is 1. The van der Waals surface area contributed by atoms with Crippen molar-refractivity contribution in [3.8, 4) is 5.75 Å². The van der Waals surface area contributed by atoms with Crippen LogP contribution in [0.15, 0.2) is 22.7 Å². The second-order valence-corrected chi connectivity index (χ2v) is 5.17. The van der Waals surface area contributed by atoms with E-state index >= 15 is 0 Å². The van der Waals surface area contributed by atoms with E-state index in [2.05, 4.69) is 33.4 Å². The minimum Gasteiger partial charge on any atom is -0.493 e. The van der Waals surface area contributed by atoms with Crippen LogP contribution in [0.4, 0.5) is 0 Å². The quantitative estimate of drug-likeness (QED) is 0.780. The summed E-state index contributed by atoms with van der Waals surface area (Å²) in [4.78, 5) is 0. The van der Waals surface area contributed by atoms with Crippen LogP contribution in [0.2, 0.25) is 0 Å². The van der Waals surface area contributed by atoms with E-state index in [0.29, 0.717) is 5.92 Å². The van der Waals surface area contributed by atoms with Gasteiger partial charge in [-0.1, -0.05) is 22.0 Å². The molecule has 80 valence electrons. The molecule has 0 spiro atoms. The Balaban J connectivity index is 2.10. The maximum absolute atomic E-state index is 5.81. The molecule has 2 atom stereocenters. The van der Waals surface area contributed by atoms with Crippen LogP contribution in [0, 0.1) is 5.92 Å². The summed E-state index contributed by atoms with van der Waals surface area (Å²) in [5, 5.41) is 3.48. The van der Waals surface area contributed by atoms with E-state index in [1.54, 1.807) is 0 Å². The molecule has 2 nitrogen and oxygen atoms in total. The Kier molecular flexibility index (Phi) is 2.45. The van der Waals surface area contributed by atoms with E-state index in [1.165, 1.54) is 16.5 Å². The van der Waals surface area contributed by atoms with Crippen molar-refractivity contribution in [2.45, 2.75) is 12.3 Å². The van der Waals surface area contributed by atoms with Crippen molar-refractivity contribution in [1.82, 2.24) is 5.32 Å². The van der Waals surface area contributed by atoms with Crippen molar-refractivity contribution >= 4 is 15.9 Å². The fraction of sp³-hybridized carbons (Fsp3) is 0.500. The zero-order valence-electron chi connectivity index (χ0n) is 8.50. The summed E-state index contributed by atoms with van der Waals surface area (Å²) in [6.07, 6.45) is 1.17. The minimum absolute atomic E-state index is 0.623. The summed E-state index contributed by atoms with van der Waals surface area (Å²) >= 11 is 3.65. The van der Waals surface area contributed by atoms with Crippen LogP contribution < -0.4 is 10.1 Å². The van der Waals surface area contributed by atoms with Crippen molar-refractivity contribution in [3.63, 3.8) is 0 Å². The molecule has 3 rings (SSSR count). The minimum atomic E-state index is 0.623. The van der Waals surface area contributed by atoms with Crippen LogP contribution in [-0.4, -0.2) is 19.7 Å². The topological polar surface area (TPSA) is 21.3 Å². The maximum Gasteiger partial charge on any atom is 0.123 e. The molecular formula is C12H14BrNO. The first kappa shape index (κ1) is 9.67. The lowest BCUT2D eigenvalue weighted by molar-refractivity contribution is 0.296. The fourth-order valence-corrected chi connectivity index (χ4v) is 3.34. The standard InChI is InChI=1S/C12H14BrNO/c13-10-2-1-3-11-12(10)9-7-14-6-8(9)4-5-15-11/h1-3,8-9,14H,4-7H2/t8-,9-/m1/s1. The van der Waals surface area contributed by atoms with Gasteiger partial charge in [0.25, 0.3) is 0 Å². The molecule has 1 saturated heterocycles. The summed E-state index contributed by atoms with van der Waals surface area (Å²) in [6, 6.07) is 6.25. The van der Waals surface area contributed by atoms with Crippen LogP contribution in [0.3, 0.4) is 0 Å². The Morgan fingerprint density at radius 3 is 3.20 bits per heavy atom. The van der Waals surface area contributed by atoms with Crippen LogP contribution in [0.1, 0.15) is 17.9 Å². The molecule has 1 fully saturated rings. The normalized spacial score (nSPS) is 28.9. The van der Waals surface area contributed by atoms with Crippen molar-refractivity contribution in [1.29, 1.82) is 0 Å². The second kappa shape index (κ2) is 3.80. The third-order valence-corrected chi connectivity index (χ3v) is 4.16. The van der Waals surface area contributed by atoms with Gasteiger partial charge in [0.2, 0.25) is 0 Å². The first-order chi connectivity index (χ1) is 7.36. The lowest BCUT2D eigenvalue weighted by atomic mass is 9.87. The molecule has 1 aromatic carbocycles. The molecular weight excluding hydrogens is 254 g/mol. The first-order valence-corrected chi connectivity index (χ1v) is 6.27. The fourth-order valence-electron chi connectivity index (χ4n) is 2.70. The number of hydrogen-bond donors (Lipinski definition) is 1. The van der Waals surface area contributed by atoms with Gasteiger partial charge in [0.1, 0.15) is 5.75 Å². The highest BCUT2D eigenvalue weighted by molar-refractivity contribution is 9.10. The monoisotopic (exact) mass is 267 g/mol. The number of benzene rings is 1. The van der Waals surface area contributed by atoms with Crippen molar-refractivity contribution in [2.24, 2.45) is 5.92 Å². The molecule has 0 aromatic heterocycles. The van der Waals surface area contributed by atoms with Crippen LogP contribution in [-0.2, 0) is 0 Å². The summed E-state index contributed by atoms with van der Waals surface area (Å²) < 4.78 is 7.00. The largest absolute Gasteiger partial charge is 0.493 e. The molecule has 1 N–H and O–H groups in total. The molecule has 0 bridgehead atoms. The van der Waals surface area contributed by atoms with Gasteiger partial charge in [-0.2, -0.15) is 0 Å². The number of nitrogens with one attached hydrogen (secondary N) is 1. The van der Waals surface area contributed by atoms with Gasteiger partial charge in [-0.3, -0.25) is 0 Å². The summed E-state index contributed by atoms with van der Waals surface area (Å²) in [5.41, 5.74) is 1.37. The molecule has 2 aliphatic rings. The van der Waals surface area contributed by atoms with Crippen LogP contribution in [0.5, 0.6) is 5.75 Å². The maximum atomic E-state index is 5.81. The third-order valence-electron chi connectivity index (χ3n) is 3.47. The second-order valence-electron chi connectivity index (χ2n) is 4.31. The van der Waals surface area contributed by atoms with Gasteiger partial charge >= 0.3 is 0 Å². The zero-order valence-corrected chi connectivity index (χ0v) is 10.1.